The molecular weight excluding hydrogens is 176 g/mol. The van der Waals surface area contributed by atoms with E-state index in [1.165, 1.54) is 6.92 Å². The largest absolute Gasteiger partial charge is 0.387 e. The molecule has 0 heterocycles. The first-order valence-corrected chi connectivity index (χ1v) is 3.91. The maximum atomic E-state index is 13.0. The SMILES string of the molecule is C[C@@H](N)[C@H](O)c1cc(F)ccc1F. The second-order valence-corrected chi connectivity index (χ2v) is 2.97. The molecule has 3 N–H and O–H groups in total. The van der Waals surface area contributed by atoms with E-state index in [4.69, 9.17) is 5.73 Å². The molecule has 0 bridgehead atoms. The van der Waals surface area contributed by atoms with E-state index in [-0.39, 0.29) is 5.56 Å². The minimum absolute atomic E-state index is 0.102. The van der Waals surface area contributed by atoms with E-state index >= 15 is 0 Å². The van der Waals surface area contributed by atoms with Gasteiger partial charge in [-0.15, -0.1) is 0 Å². The standard InChI is InChI=1S/C9H11F2NO/c1-5(12)9(13)7-4-6(10)2-3-8(7)11/h2-5,9,13H,12H2,1H3/t5-,9+/m1/s1. The van der Waals surface area contributed by atoms with Crippen LogP contribution in [0.25, 0.3) is 0 Å². The van der Waals surface area contributed by atoms with Crippen LogP contribution < -0.4 is 5.73 Å². The summed E-state index contributed by atoms with van der Waals surface area (Å²) >= 11 is 0. The number of hydrogen-bond acceptors (Lipinski definition) is 2. The molecule has 0 amide bonds. The highest BCUT2D eigenvalue weighted by Gasteiger charge is 2.17. The Kier molecular flexibility index (Phi) is 2.95. The molecule has 4 heteroatoms. The van der Waals surface area contributed by atoms with Crippen molar-refractivity contribution < 1.29 is 13.9 Å². The van der Waals surface area contributed by atoms with Crippen LogP contribution in [-0.4, -0.2) is 11.1 Å². The van der Waals surface area contributed by atoms with E-state index in [0.29, 0.717) is 0 Å². The monoisotopic (exact) mass is 187 g/mol. The third-order valence-electron chi connectivity index (χ3n) is 1.77. The van der Waals surface area contributed by atoms with Crippen molar-refractivity contribution in [3.8, 4) is 0 Å². The molecule has 0 aliphatic carbocycles. The van der Waals surface area contributed by atoms with Gasteiger partial charge in [0.15, 0.2) is 0 Å². The average molecular weight is 187 g/mol. The van der Waals surface area contributed by atoms with Crippen molar-refractivity contribution >= 4 is 0 Å². The summed E-state index contributed by atoms with van der Waals surface area (Å²) in [6, 6.07) is 2.28. The summed E-state index contributed by atoms with van der Waals surface area (Å²) in [6.07, 6.45) is -1.17. The molecule has 0 aromatic heterocycles. The lowest BCUT2D eigenvalue weighted by Crippen LogP contribution is -2.25. The molecule has 0 aliphatic heterocycles. The molecule has 1 aromatic carbocycles. The van der Waals surface area contributed by atoms with Gasteiger partial charge in [0.2, 0.25) is 0 Å². The topological polar surface area (TPSA) is 46.2 Å². The lowest BCUT2D eigenvalue weighted by atomic mass is 10.0. The fourth-order valence-electron chi connectivity index (χ4n) is 1.02. The van der Waals surface area contributed by atoms with E-state index in [1.54, 1.807) is 0 Å². The number of aliphatic hydroxyl groups excluding tert-OH is 1. The maximum absolute atomic E-state index is 13.0. The number of halogens is 2. The molecule has 0 fully saturated rings. The highest BCUT2D eigenvalue weighted by molar-refractivity contribution is 5.21. The van der Waals surface area contributed by atoms with Crippen molar-refractivity contribution in [1.82, 2.24) is 0 Å². The van der Waals surface area contributed by atoms with Gasteiger partial charge in [-0.1, -0.05) is 0 Å². The van der Waals surface area contributed by atoms with Crippen LogP contribution in [0.15, 0.2) is 18.2 Å². The average Bonchev–Trinajstić information content (AvgIpc) is 2.08. The van der Waals surface area contributed by atoms with E-state index in [9.17, 15) is 13.9 Å². The Morgan fingerprint density at radius 2 is 2.00 bits per heavy atom. The van der Waals surface area contributed by atoms with Gasteiger partial charge in [-0.05, 0) is 25.1 Å². The van der Waals surface area contributed by atoms with Crippen LogP contribution in [0.2, 0.25) is 0 Å². The van der Waals surface area contributed by atoms with Gasteiger partial charge in [0.1, 0.15) is 11.6 Å². The first-order chi connectivity index (χ1) is 6.02. The van der Waals surface area contributed by atoms with Crippen molar-refractivity contribution in [2.75, 3.05) is 0 Å². The first-order valence-electron chi connectivity index (χ1n) is 3.91. The molecule has 1 aromatic rings. The molecule has 1 rings (SSSR count). The lowest BCUT2D eigenvalue weighted by molar-refractivity contribution is 0.148. The number of rotatable bonds is 2. The smallest absolute Gasteiger partial charge is 0.129 e. The molecule has 0 unspecified atom stereocenters. The Balaban J connectivity index is 3.05. The zero-order valence-electron chi connectivity index (χ0n) is 7.17. The van der Waals surface area contributed by atoms with Crippen LogP contribution in [0.4, 0.5) is 8.78 Å². The number of nitrogens with two attached hydrogens (primary N) is 1. The summed E-state index contributed by atoms with van der Waals surface area (Å²) in [5.41, 5.74) is 5.25. The Morgan fingerprint density at radius 3 is 2.54 bits per heavy atom. The van der Waals surface area contributed by atoms with Crippen LogP contribution >= 0.6 is 0 Å². The second kappa shape index (κ2) is 3.81. The van der Waals surface area contributed by atoms with Crippen LogP contribution in [0.5, 0.6) is 0 Å². The fraction of sp³-hybridized carbons (Fsp3) is 0.333. The summed E-state index contributed by atoms with van der Waals surface area (Å²) in [6.45, 7) is 1.52. The molecule has 0 aliphatic rings. The molecule has 0 saturated carbocycles. The summed E-state index contributed by atoms with van der Waals surface area (Å²) in [5, 5.41) is 9.37. The summed E-state index contributed by atoms with van der Waals surface area (Å²) in [5.74, 6) is -1.23. The van der Waals surface area contributed by atoms with Gasteiger partial charge in [-0.25, -0.2) is 8.78 Å². The Labute approximate surface area is 75.0 Å². The molecular formula is C9H11F2NO. The maximum Gasteiger partial charge on any atom is 0.129 e. The fourth-order valence-corrected chi connectivity index (χ4v) is 1.02. The predicted molar refractivity (Wildman–Crippen MR) is 45.0 cm³/mol. The molecule has 0 radical (unpaired) electrons. The number of aliphatic hydroxyl groups is 1. The number of hydrogen-bond donors (Lipinski definition) is 2. The molecule has 13 heavy (non-hydrogen) atoms. The zero-order valence-corrected chi connectivity index (χ0v) is 7.17. The second-order valence-electron chi connectivity index (χ2n) is 2.97. The molecule has 2 atom stereocenters. The predicted octanol–water partition coefficient (Wildman–Crippen LogP) is 1.35. The van der Waals surface area contributed by atoms with Gasteiger partial charge in [0, 0.05) is 11.6 Å². The highest BCUT2D eigenvalue weighted by Crippen LogP contribution is 2.19. The number of benzene rings is 1. The van der Waals surface area contributed by atoms with Gasteiger partial charge in [0.25, 0.3) is 0 Å². The Bertz CT molecular complexity index is 302. The van der Waals surface area contributed by atoms with Crippen molar-refractivity contribution in [1.29, 1.82) is 0 Å². The van der Waals surface area contributed by atoms with Gasteiger partial charge in [-0.2, -0.15) is 0 Å². The van der Waals surface area contributed by atoms with Gasteiger partial charge >= 0.3 is 0 Å². The Morgan fingerprint density at radius 1 is 1.38 bits per heavy atom. The normalized spacial score (nSPS) is 15.5. The molecule has 0 spiro atoms. The lowest BCUT2D eigenvalue weighted by Gasteiger charge is -2.15. The van der Waals surface area contributed by atoms with Gasteiger partial charge in [0.05, 0.1) is 6.10 Å². The van der Waals surface area contributed by atoms with Crippen molar-refractivity contribution in [3.05, 3.63) is 35.4 Å². The highest BCUT2D eigenvalue weighted by atomic mass is 19.1. The molecule has 72 valence electrons. The summed E-state index contributed by atoms with van der Waals surface area (Å²) in [7, 11) is 0. The van der Waals surface area contributed by atoms with Crippen molar-refractivity contribution in [2.45, 2.75) is 19.1 Å². The summed E-state index contributed by atoms with van der Waals surface area (Å²) in [4.78, 5) is 0. The summed E-state index contributed by atoms with van der Waals surface area (Å²) < 4.78 is 25.7. The molecule has 0 saturated heterocycles. The van der Waals surface area contributed by atoms with Crippen LogP contribution in [0.3, 0.4) is 0 Å². The van der Waals surface area contributed by atoms with Crippen molar-refractivity contribution in [2.24, 2.45) is 5.73 Å². The minimum Gasteiger partial charge on any atom is -0.387 e. The minimum atomic E-state index is -1.17. The first kappa shape index (κ1) is 10.1. The van der Waals surface area contributed by atoms with Gasteiger partial charge < -0.3 is 10.8 Å². The van der Waals surface area contributed by atoms with E-state index < -0.39 is 23.8 Å². The third kappa shape index (κ3) is 2.23. The van der Waals surface area contributed by atoms with E-state index in [0.717, 1.165) is 18.2 Å². The van der Waals surface area contributed by atoms with Crippen molar-refractivity contribution in [3.63, 3.8) is 0 Å². The third-order valence-corrected chi connectivity index (χ3v) is 1.77. The molecule has 2 nitrogen and oxygen atoms in total. The Hall–Kier alpha value is -1.00. The van der Waals surface area contributed by atoms with Crippen LogP contribution in [0, 0.1) is 11.6 Å². The van der Waals surface area contributed by atoms with Gasteiger partial charge in [-0.3, -0.25) is 0 Å². The quantitative estimate of drug-likeness (QED) is 0.734. The van der Waals surface area contributed by atoms with E-state index in [2.05, 4.69) is 0 Å². The van der Waals surface area contributed by atoms with Crippen LogP contribution in [0.1, 0.15) is 18.6 Å². The van der Waals surface area contributed by atoms with Crippen LogP contribution in [-0.2, 0) is 0 Å². The zero-order chi connectivity index (χ0) is 10.0. The van der Waals surface area contributed by atoms with E-state index in [1.807, 2.05) is 0 Å².